The van der Waals surface area contributed by atoms with E-state index in [4.69, 9.17) is 0 Å². The van der Waals surface area contributed by atoms with Crippen LogP contribution in [0.25, 0.3) is 0 Å². The highest BCUT2D eigenvalue weighted by molar-refractivity contribution is 7.93. The molecule has 2 amide bonds. The van der Waals surface area contributed by atoms with Crippen LogP contribution in [0.5, 0.6) is 0 Å². The number of piperidine rings is 1. The van der Waals surface area contributed by atoms with E-state index in [-0.39, 0.29) is 23.8 Å². The molecule has 0 bridgehead atoms. The highest BCUT2D eigenvalue weighted by atomic mass is 32.2. The molecule has 6 nitrogen and oxygen atoms in total. The summed E-state index contributed by atoms with van der Waals surface area (Å²) in [6.45, 7) is 7.04. The van der Waals surface area contributed by atoms with Crippen molar-refractivity contribution in [3.05, 3.63) is 0 Å². The van der Waals surface area contributed by atoms with Crippen molar-refractivity contribution in [3.63, 3.8) is 0 Å². The topological polar surface area (TPSA) is 83.6 Å². The molecule has 1 aliphatic heterocycles. The van der Waals surface area contributed by atoms with Crippen LogP contribution in [-0.4, -0.2) is 55.3 Å². The molecule has 7 heteroatoms. The first-order chi connectivity index (χ1) is 10.6. The minimum absolute atomic E-state index is 0.0440. The van der Waals surface area contributed by atoms with Crippen molar-refractivity contribution in [2.24, 2.45) is 11.8 Å². The Morgan fingerprint density at radius 2 is 1.65 bits per heavy atom. The van der Waals surface area contributed by atoms with E-state index in [0.29, 0.717) is 44.7 Å². The fraction of sp³-hybridized carbons (Fsp3) is 0.875. The van der Waals surface area contributed by atoms with Crippen LogP contribution in [0.15, 0.2) is 0 Å². The Morgan fingerprint density at radius 1 is 1.13 bits per heavy atom. The van der Waals surface area contributed by atoms with Crippen LogP contribution < -0.4 is 5.32 Å². The Kier molecular flexibility index (Phi) is 5.09. The third-order valence-electron chi connectivity index (χ3n) is 5.33. The lowest BCUT2D eigenvalue weighted by Crippen LogP contribution is -2.50. The summed E-state index contributed by atoms with van der Waals surface area (Å²) in [4.78, 5) is 26.4. The second kappa shape index (κ2) is 6.42. The quantitative estimate of drug-likeness (QED) is 0.805. The third-order valence-corrected chi connectivity index (χ3v) is 7.33. The molecule has 1 saturated heterocycles. The minimum atomic E-state index is -3.37. The van der Waals surface area contributed by atoms with E-state index in [0.717, 1.165) is 6.26 Å². The maximum Gasteiger partial charge on any atom is 0.244 e. The number of nitrogens with one attached hydrogen (secondary N) is 1. The average Bonchev–Trinajstić information content (AvgIpc) is 3.27. The van der Waals surface area contributed by atoms with Crippen LogP contribution in [-0.2, 0) is 19.4 Å². The SMILES string of the molecule is CC(C)C(C)NC(=O)C1CCN(C(=O)C2(S(C)(=O)=O)CC2)CC1. The van der Waals surface area contributed by atoms with E-state index in [1.165, 1.54) is 0 Å². The lowest BCUT2D eigenvalue weighted by atomic mass is 9.94. The summed E-state index contributed by atoms with van der Waals surface area (Å²) in [5, 5.41) is 3.02. The molecule has 0 aromatic carbocycles. The van der Waals surface area contributed by atoms with E-state index in [2.05, 4.69) is 19.2 Å². The van der Waals surface area contributed by atoms with Gasteiger partial charge in [-0.3, -0.25) is 9.59 Å². The van der Waals surface area contributed by atoms with Gasteiger partial charge in [-0.2, -0.15) is 0 Å². The first-order valence-corrected chi connectivity index (χ1v) is 10.3. The molecule has 2 aliphatic rings. The van der Waals surface area contributed by atoms with Gasteiger partial charge in [0, 0.05) is 31.3 Å². The zero-order valence-electron chi connectivity index (χ0n) is 14.5. The largest absolute Gasteiger partial charge is 0.353 e. The van der Waals surface area contributed by atoms with Crippen LogP contribution in [0.3, 0.4) is 0 Å². The summed E-state index contributed by atoms with van der Waals surface area (Å²) in [6, 6.07) is 0.127. The second-order valence-electron chi connectivity index (χ2n) is 7.37. The number of carbonyl (C=O) groups is 2. The number of sulfone groups is 1. The molecule has 0 radical (unpaired) electrons. The van der Waals surface area contributed by atoms with Crippen molar-refractivity contribution >= 4 is 21.7 Å². The summed E-state index contributed by atoms with van der Waals surface area (Å²) >= 11 is 0. The van der Waals surface area contributed by atoms with Gasteiger partial charge in [0.25, 0.3) is 0 Å². The van der Waals surface area contributed by atoms with E-state index >= 15 is 0 Å². The summed E-state index contributed by atoms with van der Waals surface area (Å²) in [5.74, 6) is 0.0655. The first-order valence-electron chi connectivity index (χ1n) is 8.38. The molecule has 1 aliphatic carbocycles. The second-order valence-corrected chi connectivity index (χ2v) is 9.70. The Labute approximate surface area is 138 Å². The van der Waals surface area contributed by atoms with E-state index in [1.807, 2.05) is 6.92 Å². The van der Waals surface area contributed by atoms with E-state index < -0.39 is 14.6 Å². The standard InChI is InChI=1S/C16H28N2O4S/c1-11(2)12(3)17-14(19)13-5-9-18(10-6-13)15(20)16(7-8-16)23(4,21)22/h11-13H,5-10H2,1-4H3,(H,17,19). The van der Waals surface area contributed by atoms with Crippen LogP contribution >= 0.6 is 0 Å². The van der Waals surface area contributed by atoms with Crippen LogP contribution in [0.2, 0.25) is 0 Å². The molecule has 0 aromatic rings. The Hall–Kier alpha value is -1.11. The van der Waals surface area contributed by atoms with Gasteiger partial charge in [0.2, 0.25) is 11.8 Å². The molecular formula is C16H28N2O4S. The molecule has 1 unspecified atom stereocenters. The normalized spacial score (nSPS) is 22.7. The first kappa shape index (κ1) is 18.2. The molecular weight excluding hydrogens is 316 g/mol. The monoisotopic (exact) mass is 344 g/mol. The number of likely N-dealkylation sites (tertiary alicyclic amines) is 1. The van der Waals surface area contributed by atoms with Crippen molar-refractivity contribution < 1.29 is 18.0 Å². The lowest BCUT2D eigenvalue weighted by molar-refractivity contribution is -0.136. The van der Waals surface area contributed by atoms with Gasteiger partial charge in [0.1, 0.15) is 0 Å². The molecule has 0 spiro atoms. The highest BCUT2D eigenvalue weighted by Gasteiger charge is 2.60. The number of hydrogen-bond donors (Lipinski definition) is 1. The fourth-order valence-corrected chi connectivity index (χ4v) is 4.29. The predicted molar refractivity (Wildman–Crippen MR) is 88.6 cm³/mol. The van der Waals surface area contributed by atoms with Crippen molar-refractivity contribution in [3.8, 4) is 0 Å². The third kappa shape index (κ3) is 3.70. The molecule has 1 heterocycles. The Bertz CT molecular complexity index is 573. The van der Waals surface area contributed by atoms with Gasteiger partial charge in [0.15, 0.2) is 14.6 Å². The minimum Gasteiger partial charge on any atom is -0.353 e. The van der Waals surface area contributed by atoms with E-state index in [9.17, 15) is 18.0 Å². The van der Waals surface area contributed by atoms with Gasteiger partial charge in [-0.15, -0.1) is 0 Å². The van der Waals surface area contributed by atoms with Crippen molar-refractivity contribution in [2.75, 3.05) is 19.3 Å². The van der Waals surface area contributed by atoms with Crippen molar-refractivity contribution in [1.82, 2.24) is 10.2 Å². The molecule has 0 aromatic heterocycles. The number of hydrogen-bond acceptors (Lipinski definition) is 4. The number of carbonyl (C=O) groups excluding carboxylic acids is 2. The van der Waals surface area contributed by atoms with Gasteiger partial charge in [-0.1, -0.05) is 13.8 Å². The van der Waals surface area contributed by atoms with Crippen molar-refractivity contribution in [1.29, 1.82) is 0 Å². The molecule has 23 heavy (non-hydrogen) atoms. The zero-order chi connectivity index (χ0) is 17.4. The van der Waals surface area contributed by atoms with Crippen molar-refractivity contribution in [2.45, 2.75) is 57.2 Å². The number of rotatable bonds is 5. The molecule has 132 valence electrons. The maximum absolute atomic E-state index is 12.5. The van der Waals surface area contributed by atoms with Gasteiger partial charge < -0.3 is 10.2 Å². The smallest absolute Gasteiger partial charge is 0.244 e. The average molecular weight is 344 g/mol. The highest BCUT2D eigenvalue weighted by Crippen LogP contribution is 2.45. The fourth-order valence-electron chi connectivity index (χ4n) is 3.00. The van der Waals surface area contributed by atoms with Crippen LogP contribution in [0, 0.1) is 11.8 Å². The molecule has 2 fully saturated rings. The molecule has 1 saturated carbocycles. The summed E-state index contributed by atoms with van der Waals surface area (Å²) in [5.41, 5.74) is 0. The number of nitrogens with zero attached hydrogens (tertiary/aromatic N) is 1. The number of amides is 2. The predicted octanol–water partition coefficient (Wildman–Crippen LogP) is 0.963. The molecule has 1 N–H and O–H groups in total. The Balaban J connectivity index is 1.89. The van der Waals surface area contributed by atoms with E-state index in [1.54, 1.807) is 4.90 Å². The van der Waals surface area contributed by atoms with Crippen LogP contribution in [0.4, 0.5) is 0 Å². The molecule has 2 rings (SSSR count). The van der Waals surface area contributed by atoms with Gasteiger partial charge >= 0.3 is 0 Å². The summed E-state index contributed by atoms with van der Waals surface area (Å²) in [6.07, 6.45) is 3.20. The summed E-state index contributed by atoms with van der Waals surface area (Å²) in [7, 11) is -3.37. The van der Waals surface area contributed by atoms with Gasteiger partial charge in [-0.25, -0.2) is 8.42 Å². The zero-order valence-corrected chi connectivity index (χ0v) is 15.3. The Morgan fingerprint density at radius 3 is 2.04 bits per heavy atom. The maximum atomic E-state index is 12.5. The van der Waals surface area contributed by atoms with Crippen LogP contribution in [0.1, 0.15) is 46.5 Å². The van der Waals surface area contributed by atoms with Gasteiger partial charge in [-0.05, 0) is 38.5 Å². The van der Waals surface area contributed by atoms with Gasteiger partial charge in [0.05, 0.1) is 0 Å². The lowest BCUT2D eigenvalue weighted by Gasteiger charge is -2.34. The summed E-state index contributed by atoms with van der Waals surface area (Å²) < 4.78 is 22.5. The molecule has 1 atom stereocenters.